The molecule has 0 saturated carbocycles. The van der Waals surface area contributed by atoms with E-state index in [0.29, 0.717) is 27.6 Å². The van der Waals surface area contributed by atoms with Gasteiger partial charge in [0.15, 0.2) is 0 Å². The van der Waals surface area contributed by atoms with Crippen molar-refractivity contribution in [3.8, 4) is 11.3 Å². The molecule has 4 rings (SSSR count). The van der Waals surface area contributed by atoms with Gasteiger partial charge in [-0.25, -0.2) is 17.4 Å². The third-order valence-electron chi connectivity index (χ3n) is 4.32. The van der Waals surface area contributed by atoms with Gasteiger partial charge in [-0.3, -0.25) is 0 Å². The molecule has 0 fully saturated rings. The summed E-state index contributed by atoms with van der Waals surface area (Å²) in [6, 6.07) is 15.0. The average Bonchev–Trinajstić information content (AvgIpc) is 3.08. The fraction of sp³-hybridized carbons (Fsp3) is 0.0526. The lowest BCUT2D eigenvalue weighted by Gasteiger charge is -2.07. The van der Waals surface area contributed by atoms with E-state index in [0.717, 1.165) is 5.39 Å². The Balaban J connectivity index is 1.98. The minimum Gasteiger partial charge on any atom is -0.373 e. The van der Waals surface area contributed by atoms with Gasteiger partial charge in [0.1, 0.15) is 5.82 Å². The summed E-state index contributed by atoms with van der Waals surface area (Å²) in [6.07, 6.45) is 1.55. The Bertz CT molecular complexity index is 1280. The van der Waals surface area contributed by atoms with Crippen LogP contribution in [-0.2, 0) is 10.0 Å². The monoisotopic (exact) mass is 413 g/mol. The van der Waals surface area contributed by atoms with E-state index in [1.54, 1.807) is 43.6 Å². The zero-order valence-electron chi connectivity index (χ0n) is 14.8. The van der Waals surface area contributed by atoms with Gasteiger partial charge in [-0.15, -0.1) is 0 Å². The number of benzene rings is 2. The third kappa shape index (κ3) is 3.06. The highest BCUT2D eigenvalue weighted by molar-refractivity contribution is 7.90. The van der Waals surface area contributed by atoms with Gasteiger partial charge in [-0.05, 0) is 30.3 Å². The highest BCUT2D eigenvalue weighted by Gasteiger charge is 2.22. The number of nitrogen functional groups attached to an aromatic ring is 1. The Hall–Kier alpha value is -3.10. The standard InChI is InChI=1S/C19H16ClN5O2S/c1-22-18-10-16(23-19(21)24-18)15-11-25(17-5-3-2-4-14(15)17)28(26,27)13-8-6-12(20)7-9-13/h2-11H,1H3,(H3,21,22,23,24). The van der Waals surface area contributed by atoms with Crippen LogP contribution in [0.15, 0.2) is 65.7 Å². The van der Waals surface area contributed by atoms with Crippen molar-refractivity contribution < 1.29 is 8.42 Å². The molecule has 0 radical (unpaired) electrons. The van der Waals surface area contributed by atoms with Crippen LogP contribution in [-0.4, -0.2) is 29.4 Å². The first-order valence-electron chi connectivity index (χ1n) is 8.34. The number of hydrogen-bond acceptors (Lipinski definition) is 6. The van der Waals surface area contributed by atoms with Gasteiger partial charge in [-0.2, -0.15) is 4.98 Å². The van der Waals surface area contributed by atoms with Crippen molar-refractivity contribution in [3.63, 3.8) is 0 Å². The second kappa shape index (κ2) is 6.81. The molecule has 2 aromatic carbocycles. The van der Waals surface area contributed by atoms with Gasteiger partial charge in [0, 0.05) is 35.3 Å². The van der Waals surface area contributed by atoms with E-state index in [4.69, 9.17) is 17.3 Å². The third-order valence-corrected chi connectivity index (χ3v) is 6.26. The van der Waals surface area contributed by atoms with E-state index in [-0.39, 0.29) is 10.8 Å². The Labute approximate surface area is 166 Å². The predicted octanol–water partition coefficient (Wildman–Crippen LogP) is 3.61. The summed E-state index contributed by atoms with van der Waals surface area (Å²) >= 11 is 5.90. The van der Waals surface area contributed by atoms with Gasteiger partial charge in [0.2, 0.25) is 5.95 Å². The van der Waals surface area contributed by atoms with Crippen LogP contribution < -0.4 is 11.1 Å². The van der Waals surface area contributed by atoms with Crippen molar-refractivity contribution in [1.82, 2.24) is 13.9 Å². The van der Waals surface area contributed by atoms with Gasteiger partial charge < -0.3 is 11.1 Å². The number of para-hydroxylation sites is 1. The first-order valence-corrected chi connectivity index (χ1v) is 10.2. The molecule has 0 aliphatic heterocycles. The lowest BCUT2D eigenvalue weighted by molar-refractivity contribution is 0.589. The molecule has 0 bridgehead atoms. The quantitative estimate of drug-likeness (QED) is 0.529. The lowest BCUT2D eigenvalue weighted by atomic mass is 10.1. The Kier molecular flexibility index (Phi) is 4.44. The normalized spacial score (nSPS) is 11.6. The molecule has 0 aliphatic carbocycles. The number of hydrogen-bond donors (Lipinski definition) is 2. The van der Waals surface area contributed by atoms with Crippen LogP contribution in [0, 0.1) is 0 Å². The Morgan fingerprint density at radius 1 is 1.07 bits per heavy atom. The molecule has 3 N–H and O–H groups in total. The molecule has 0 atom stereocenters. The number of anilines is 2. The zero-order chi connectivity index (χ0) is 19.9. The minimum atomic E-state index is -3.83. The molecule has 142 valence electrons. The van der Waals surface area contributed by atoms with E-state index in [1.165, 1.54) is 16.1 Å². The van der Waals surface area contributed by atoms with E-state index >= 15 is 0 Å². The smallest absolute Gasteiger partial charge is 0.268 e. The van der Waals surface area contributed by atoms with Crippen LogP contribution in [0.2, 0.25) is 5.02 Å². The second-order valence-corrected chi connectivity index (χ2v) is 8.31. The van der Waals surface area contributed by atoms with Gasteiger partial charge in [-0.1, -0.05) is 29.8 Å². The fourth-order valence-corrected chi connectivity index (χ4v) is 4.50. The number of aromatic nitrogens is 3. The molecular formula is C19H16ClN5O2S. The number of nitrogens with one attached hydrogen (secondary N) is 1. The molecule has 9 heteroatoms. The molecule has 0 saturated heterocycles. The van der Waals surface area contributed by atoms with Crippen molar-refractivity contribution in [2.75, 3.05) is 18.1 Å². The molecule has 2 heterocycles. The summed E-state index contributed by atoms with van der Waals surface area (Å²) in [7, 11) is -2.11. The largest absolute Gasteiger partial charge is 0.373 e. The lowest BCUT2D eigenvalue weighted by Crippen LogP contribution is -2.11. The van der Waals surface area contributed by atoms with Crippen molar-refractivity contribution in [1.29, 1.82) is 0 Å². The van der Waals surface area contributed by atoms with Crippen LogP contribution in [0.25, 0.3) is 22.2 Å². The predicted molar refractivity (Wildman–Crippen MR) is 111 cm³/mol. The molecule has 28 heavy (non-hydrogen) atoms. The van der Waals surface area contributed by atoms with Gasteiger partial charge in [0.05, 0.1) is 16.1 Å². The van der Waals surface area contributed by atoms with E-state index < -0.39 is 10.0 Å². The van der Waals surface area contributed by atoms with E-state index in [9.17, 15) is 8.42 Å². The SMILES string of the molecule is CNc1cc(-c2cn(S(=O)(=O)c3ccc(Cl)cc3)c3ccccc23)nc(N)n1. The maximum atomic E-state index is 13.2. The summed E-state index contributed by atoms with van der Waals surface area (Å²) in [5, 5.41) is 4.13. The topological polar surface area (TPSA) is 103 Å². The highest BCUT2D eigenvalue weighted by Crippen LogP contribution is 2.33. The first kappa shape index (κ1) is 18.3. The highest BCUT2D eigenvalue weighted by atomic mass is 35.5. The number of fused-ring (bicyclic) bond motifs is 1. The number of nitrogens with two attached hydrogens (primary N) is 1. The number of rotatable bonds is 4. The summed E-state index contributed by atoms with van der Waals surface area (Å²) in [5.74, 6) is 0.638. The Morgan fingerprint density at radius 3 is 2.50 bits per heavy atom. The molecule has 0 spiro atoms. The molecule has 7 nitrogen and oxygen atoms in total. The molecule has 0 aliphatic rings. The summed E-state index contributed by atoms with van der Waals surface area (Å²) in [4.78, 5) is 8.51. The van der Waals surface area contributed by atoms with Crippen molar-refractivity contribution in [3.05, 3.63) is 65.8 Å². The van der Waals surface area contributed by atoms with E-state index in [2.05, 4.69) is 15.3 Å². The van der Waals surface area contributed by atoms with Gasteiger partial charge in [0.25, 0.3) is 10.0 Å². The summed E-state index contributed by atoms with van der Waals surface area (Å²) in [6.45, 7) is 0. The Morgan fingerprint density at radius 2 is 1.79 bits per heavy atom. The maximum absolute atomic E-state index is 13.2. The molecular weight excluding hydrogens is 398 g/mol. The van der Waals surface area contributed by atoms with Crippen LogP contribution in [0.1, 0.15) is 0 Å². The van der Waals surface area contributed by atoms with Crippen molar-refractivity contribution >= 4 is 44.3 Å². The maximum Gasteiger partial charge on any atom is 0.268 e. The minimum absolute atomic E-state index is 0.0965. The molecule has 2 aromatic heterocycles. The van der Waals surface area contributed by atoms with Gasteiger partial charge >= 0.3 is 0 Å². The van der Waals surface area contributed by atoms with Crippen molar-refractivity contribution in [2.45, 2.75) is 4.90 Å². The second-order valence-electron chi connectivity index (χ2n) is 6.06. The van der Waals surface area contributed by atoms with Crippen LogP contribution in [0.4, 0.5) is 11.8 Å². The fourth-order valence-electron chi connectivity index (χ4n) is 3.00. The number of nitrogens with zero attached hydrogens (tertiary/aromatic N) is 3. The zero-order valence-corrected chi connectivity index (χ0v) is 16.4. The van der Waals surface area contributed by atoms with Crippen LogP contribution in [0.5, 0.6) is 0 Å². The molecule has 0 amide bonds. The first-order chi connectivity index (χ1) is 13.4. The number of halogens is 1. The molecule has 4 aromatic rings. The molecule has 0 unspecified atom stereocenters. The van der Waals surface area contributed by atoms with Crippen LogP contribution >= 0.6 is 11.6 Å². The van der Waals surface area contributed by atoms with Crippen molar-refractivity contribution in [2.24, 2.45) is 0 Å². The van der Waals surface area contributed by atoms with E-state index in [1.807, 2.05) is 12.1 Å². The summed E-state index contributed by atoms with van der Waals surface area (Å²) < 4.78 is 27.7. The average molecular weight is 414 g/mol. The summed E-state index contributed by atoms with van der Waals surface area (Å²) in [5.41, 5.74) is 7.52. The van der Waals surface area contributed by atoms with Crippen LogP contribution in [0.3, 0.4) is 0 Å².